The summed E-state index contributed by atoms with van der Waals surface area (Å²) in [5.74, 6) is 0.139. The normalized spacial score (nSPS) is 16.6. The summed E-state index contributed by atoms with van der Waals surface area (Å²) in [4.78, 5) is 11.7. The van der Waals surface area contributed by atoms with Gasteiger partial charge in [0, 0.05) is 29.2 Å². The number of para-hydroxylation sites is 1. The molecule has 2 unspecified atom stereocenters. The van der Waals surface area contributed by atoms with E-state index in [1.807, 2.05) is 19.2 Å². The number of allylic oxidation sites excluding steroid dienone is 2. The molecule has 1 N–H and O–H groups in total. The van der Waals surface area contributed by atoms with Gasteiger partial charge >= 0.3 is 0 Å². The topological polar surface area (TPSA) is 51.5 Å². The van der Waals surface area contributed by atoms with E-state index in [4.69, 9.17) is 9.15 Å². The molecule has 0 spiro atoms. The van der Waals surface area contributed by atoms with Crippen molar-refractivity contribution in [1.29, 1.82) is 0 Å². The van der Waals surface area contributed by atoms with Crippen molar-refractivity contribution in [2.24, 2.45) is 0 Å². The van der Waals surface area contributed by atoms with Gasteiger partial charge in [-0.3, -0.25) is 4.79 Å². The van der Waals surface area contributed by atoms with E-state index in [-0.39, 0.29) is 17.9 Å². The molecule has 4 nitrogen and oxygen atoms in total. The van der Waals surface area contributed by atoms with Gasteiger partial charge < -0.3 is 14.5 Å². The van der Waals surface area contributed by atoms with Crippen LogP contribution in [0.1, 0.15) is 62.4 Å². The van der Waals surface area contributed by atoms with Gasteiger partial charge in [0.15, 0.2) is 0 Å². The van der Waals surface area contributed by atoms with Crippen molar-refractivity contribution in [3.05, 3.63) is 101 Å². The Labute approximate surface area is 219 Å². The minimum atomic E-state index is -0.463. The van der Waals surface area contributed by atoms with Crippen molar-refractivity contribution in [2.75, 3.05) is 0 Å². The number of furan rings is 1. The second-order valence-corrected chi connectivity index (χ2v) is 10.8. The molecule has 0 fully saturated rings. The first-order chi connectivity index (χ1) is 17.7. The number of carbonyl (C=O) groups excluding carboxylic acids is 1. The summed E-state index contributed by atoms with van der Waals surface area (Å²) in [6.07, 6.45) is 7.38. The van der Waals surface area contributed by atoms with Crippen LogP contribution in [-0.4, -0.2) is 17.5 Å². The summed E-state index contributed by atoms with van der Waals surface area (Å²) in [7, 11) is 0. The largest absolute Gasteiger partial charge is 0.455 e. The van der Waals surface area contributed by atoms with Crippen LogP contribution in [0.4, 0.5) is 0 Å². The summed E-state index contributed by atoms with van der Waals surface area (Å²) in [6.45, 7) is 9.87. The number of dihydropyridines is 1. The van der Waals surface area contributed by atoms with Gasteiger partial charge in [-0.1, -0.05) is 60.7 Å². The summed E-state index contributed by atoms with van der Waals surface area (Å²) in [5, 5.41) is 5.83. The molecule has 0 saturated carbocycles. The Kier molecular flexibility index (Phi) is 6.78. The fourth-order valence-electron chi connectivity index (χ4n) is 5.57. The maximum Gasteiger partial charge on any atom is 0.141 e. The number of ether oxygens (including phenoxy) is 1. The monoisotopic (exact) mass is 493 g/mol. The Morgan fingerprint density at radius 3 is 2.54 bits per heavy atom. The number of fused-ring (bicyclic) bond motifs is 3. The second-order valence-electron chi connectivity index (χ2n) is 10.8. The highest BCUT2D eigenvalue weighted by Crippen LogP contribution is 2.40. The molecule has 190 valence electrons. The molecule has 2 heterocycles. The minimum Gasteiger partial charge on any atom is -0.455 e. The average molecular weight is 494 g/mol. The predicted molar refractivity (Wildman–Crippen MR) is 152 cm³/mol. The number of nitrogens with one attached hydrogen (secondary N) is 1. The van der Waals surface area contributed by atoms with Crippen LogP contribution in [0.2, 0.25) is 0 Å². The van der Waals surface area contributed by atoms with Crippen molar-refractivity contribution in [2.45, 2.75) is 65.2 Å². The Morgan fingerprint density at radius 2 is 1.78 bits per heavy atom. The zero-order valence-electron chi connectivity index (χ0n) is 22.3. The highest BCUT2D eigenvalue weighted by molar-refractivity contribution is 6.07. The zero-order chi connectivity index (χ0) is 26.2. The maximum absolute atomic E-state index is 11.7. The lowest BCUT2D eigenvalue weighted by atomic mass is 9.87. The number of carbonyl (C=O) groups is 1. The summed E-state index contributed by atoms with van der Waals surface area (Å²) >= 11 is 0. The van der Waals surface area contributed by atoms with Crippen LogP contribution in [0.15, 0.2) is 83.4 Å². The third kappa shape index (κ3) is 5.26. The molecule has 0 saturated heterocycles. The third-order valence-corrected chi connectivity index (χ3v) is 7.01. The highest BCUT2D eigenvalue weighted by Gasteiger charge is 2.28. The van der Waals surface area contributed by atoms with Crippen LogP contribution in [0.5, 0.6) is 0 Å². The van der Waals surface area contributed by atoms with Gasteiger partial charge in [0.2, 0.25) is 0 Å². The second kappa shape index (κ2) is 10.0. The van der Waals surface area contributed by atoms with Gasteiger partial charge in [0.1, 0.15) is 16.9 Å². The first kappa shape index (κ1) is 25.0. The summed E-state index contributed by atoms with van der Waals surface area (Å²) in [6, 6.07) is 21.1. The van der Waals surface area contributed by atoms with Crippen LogP contribution >= 0.6 is 0 Å². The third-order valence-electron chi connectivity index (χ3n) is 7.01. The quantitative estimate of drug-likeness (QED) is 0.272. The van der Waals surface area contributed by atoms with E-state index < -0.39 is 5.60 Å². The Bertz CT molecular complexity index is 1510. The molecule has 4 aromatic rings. The average Bonchev–Trinajstić information content (AvgIpc) is 3.23. The molecule has 1 aliphatic rings. The molecule has 5 rings (SSSR count). The van der Waals surface area contributed by atoms with Crippen molar-refractivity contribution in [1.82, 2.24) is 5.32 Å². The fourth-order valence-corrected chi connectivity index (χ4v) is 5.57. The van der Waals surface area contributed by atoms with Gasteiger partial charge in [0.25, 0.3) is 0 Å². The molecular formula is C33H35NO3. The molecule has 2 atom stereocenters. The van der Waals surface area contributed by atoms with Crippen LogP contribution in [-0.2, 0) is 16.0 Å². The maximum atomic E-state index is 11.7. The van der Waals surface area contributed by atoms with Crippen LogP contribution in [0, 0.1) is 6.92 Å². The lowest BCUT2D eigenvalue weighted by molar-refractivity contribution is -0.123. The van der Waals surface area contributed by atoms with Crippen molar-refractivity contribution < 1.29 is 13.9 Å². The van der Waals surface area contributed by atoms with Gasteiger partial charge in [0.05, 0.1) is 17.7 Å². The van der Waals surface area contributed by atoms with Gasteiger partial charge in [-0.25, -0.2) is 0 Å². The van der Waals surface area contributed by atoms with E-state index in [0.717, 1.165) is 33.1 Å². The van der Waals surface area contributed by atoms with E-state index >= 15 is 0 Å². The zero-order valence-corrected chi connectivity index (χ0v) is 22.3. The predicted octanol–water partition coefficient (Wildman–Crippen LogP) is 7.84. The number of rotatable bonds is 8. The Hall–Kier alpha value is -3.63. The summed E-state index contributed by atoms with van der Waals surface area (Å²) in [5.41, 5.74) is 7.15. The van der Waals surface area contributed by atoms with E-state index in [1.54, 1.807) is 6.92 Å². The van der Waals surface area contributed by atoms with Crippen molar-refractivity contribution in [3.63, 3.8) is 0 Å². The van der Waals surface area contributed by atoms with Gasteiger partial charge in [-0.05, 0) is 75.2 Å². The van der Waals surface area contributed by atoms with Crippen molar-refractivity contribution in [3.8, 4) is 0 Å². The molecule has 0 aliphatic carbocycles. The van der Waals surface area contributed by atoms with Crippen LogP contribution in [0.3, 0.4) is 0 Å². The first-order valence-corrected chi connectivity index (χ1v) is 13.0. The number of benzene rings is 3. The van der Waals surface area contributed by atoms with E-state index in [0.29, 0.717) is 12.8 Å². The lowest BCUT2D eigenvalue weighted by Gasteiger charge is -2.31. The highest BCUT2D eigenvalue weighted by atomic mass is 16.5. The van der Waals surface area contributed by atoms with E-state index in [9.17, 15) is 4.79 Å². The van der Waals surface area contributed by atoms with Gasteiger partial charge in [-0.15, -0.1) is 0 Å². The van der Waals surface area contributed by atoms with Crippen molar-refractivity contribution >= 4 is 33.3 Å². The Morgan fingerprint density at radius 1 is 1.03 bits per heavy atom. The number of hydrogen-bond acceptors (Lipinski definition) is 4. The number of hydrogen-bond donors (Lipinski definition) is 1. The van der Waals surface area contributed by atoms with Gasteiger partial charge in [-0.2, -0.15) is 0 Å². The molecule has 1 aliphatic heterocycles. The molecule has 0 bridgehead atoms. The lowest BCUT2D eigenvalue weighted by Crippen LogP contribution is -2.33. The molecular weight excluding hydrogens is 458 g/mol. The Balaban J connectivity index is 1.63. The smallest absolute Gasteiger partial charge is 0.141 e. The minimum absolute atomic E-state index is 0.0646. The van der Waals surface area contributed by atoms with E-state index in [2.05, 4.69) is 92.8 Å². The number of aryl methyl sites for hydroxylation is 1. The standard InChI is InChI=1S/C33H35NO3/c1-21-10-9-13-27-28-15-14-26(20-33(4,5)37-23(3)18-22(2)35)30(32(28)36-31(21)27)29-19-25(16-17-34-29)24-11-7-6-8-12-24/h6-17,19,23,29,34H,18,20H2,1-5H3. The SMILES string of the molecule is CC(=O)CC(C)OC(C)(C)Cc1ccc2c(oc3c(C)cccc32)c1C1C=C(c2ccccc2)C=CN1. The molecule has 4 heteroatoms. The molecule has 37 heavy (non-hydrogen) atoms. The van der Waals surface area contributed by atoms with E-state index in [1.165, 1.54) is 16.7 Å². The first-order valence-electron chi connectivity index (χ1n) is 13.0. The van der Waals surface area contributed by atoms with Crippen LogP contribution < -0.4 is 5.32 Å². The molecule has 3 aromatic carbocycles. The number of ketones is 1. The molecule has 0 amide bonds. The number of Topliss-reactive ketones (excluding diaryl/α,β-unsaturated/α-hetero) is 1. The molecule has 0 radical (unpaired) electrons. The fraction of sp³-hybridized carbons (Fsp3) is 0.303. The van der Waals surface area contributed by atoms with Crippen LogP contribution in [0.25, 0.3) is 27.5 Å². The summed E-state index contributed by atoms with van der Waals surface area (Å²) < 4.78 is 13.0. The molecule has 1 aromatic heterocycles.